The van der Waals surface area contributed by atoms with Gasteiger partial charge in [0.2, 0.25) is 0 Å². The molecule has 1 fully saturated rings. The number of phenolic OH excluding ortho intramolecular Hbond substituents is 1. The fourth-order valence-electron chi connectivity index (χ4n) is 2.91. The lowest BCUT2D eigenvalue weighted by atomic mass is 10.2. The number of aromatic hydroxyl groups is 1. The summed E-state index contributed by atoms with van der Waals surface area (Å²) in [5.74, 6) is 0.707. The summed E-state index contributed by atoms with van der Waals surface area (Å²) < 4.78 is 5.06. The van der Waals surface area contributed by atoms with Crippen LogP contribution in [0.15, 0.2) is 48.5 Å². The molecular formula is C18H22N2O2. The van der Waals surface area contributed by atoms with Gasteiger partial charge in [0, 0.05) is 31.4 Å². The molecule has 2 aromatic rings. The van der Waals surface area contributed by atoms with Crippen LogP contribution in [0.2, 0.25) is 0 Å². The molecule has 2 aromatic carbocycles. The maximum atomic E-state index is 9.81. The standard InChI is InChI=1S/C18H22N2O2/c1-22-18-8-7-14(11-17(18)21)12-19-15-9-10-20(13-15)16-5-3-2-4-6-16/h2-8,11,15,19,21H,9-10,12-13H2,1H3/t15-/m1/s1. The maximum absolute atomic E-state index is 9.81. The van der Waals surface area contributed by atoms with E-state index in [0.29, 0.717) is 11.8 Å². The summed E-state index contributed by atoms with van der Waals surface area (Å²) >= 11 is 0. The van der Waals surface area contributed by atoms with Crippen molar-refractivity contribution in [1.82, 2.24) is 5.32 Å². The van der Waals surface area contributed by atoms with Crippen LogP contribution in [0, 0.1) is 0 Å². The second-order valence-electron chi connectivity index (χ2n) is 5.65. The van der Waals surface area contributed by atoms with Gasteiger partial charge in [-0.25, -0.2) is 0 Å². The van der Waals surface area contributed by atoms with Crippen molar-refractivity contribution in [3.63, 3.8) is 0 Å². The summed E-state index contributed by atoms with van der Waals surface area (Å²) in [4.78, 5) is 2.41. The topological polar surface area (TPSA) is 44.7 Å². The van der Waals surface area contributed by atoms with Crippen molar-refractivity contribution >= 4 is 5.69 Å². The van der Waals surface area contributed by atoms with E-state index in [0.717, 1.165) is 31.6 Å². The van der Waals surface area contributed by atoms with E-state index >= 15 is 0 Å². The van der Waals surface area contributed by atoms with E-state index in [4.69, 9.17) is 4.74 Å². The molecule has 0 unspecified atom stereocenters. The van der Waals surface area contributed by atoms with Gasteiger partial charge in [-0.3, -0.25) is 0 Å². The van der Waals surface area contributed by atoms with Crippen molar-refractivity contribution in [1.29, 1.82) is 0 Å². The molecule has 3 rings (SSSR count). The zero-order valence-corrected chi connectivity index (χ0v) is 12.8. The quantitative estimate of drug-likeness (QED) is 0.891. The Morgan fingerprint density at radius 2 is 2.05 bits per heavy atom. The van der Waals surface area contributed by atoms with Crippen LogP contribution in [0.25, 0.3) is 0 Å². The van der Waals surface area contributed by atoms with Crippen molar-refractivity contribution in [3.05, 3.63) is 54.1 Å². The molecule has 1 saturated heterocycles. The smallest absolute Gasteiger partial charge is 0.160 e. The molecule has 22 heavy (non-hydrogen) atoms. The summed E-state index contributed by atoms with van der Waals surface area (Å²) in [6.07, 6.45) is 1.14. The van der Waals surface area contributed by atoms with Gasteiger partial charge in [-0.05, 0) is 36.2 Å². The van der Waals surface area contributed by atoms with Gasteiger partial charge in [0.05, 0.1) is 7.11 Å². The Hall–Kier alpha value is -2.20. The molecule has 4 nitrogen and oxygen atoms in total. The van der Waals surface area contributed by atoms with Crippen LogP contribution in [-0.4, -0.2) is 31.3 Å². The lowest BCUT2D eigenvalue weighted by Crippen LogP contribution is -2.32. The molecule has 0 aliphatic carbocycles. The SMILES string of the molecule is COc1ccc(CN[C@@H]2CCN(c3ccccc3)C2)cc1O. The first-order valence-electron chi connectivity index (χ1n) is 7.65. The number of methoxy groups -OCH3 is 1. The fraction of sp³-hybridized carbons (Fsp3) is 0.333. The monoisotopic (exact) mass is 298 g/mol. The van der Waals surface area contributed by atoms with Gasteiger partial charge in [-0.15, -0.1) is 0 Å². The summed E-state index contributed by atoms with van der Waals surface area (Å²) in [5.41, 5.74) is 2.35. The minimum atomic E-state index is 0.194. The van der Waals surface area contributed by atoms with E-state index in [-0.39, 0.29) is 5.75 Å². The lowest BCUT2D eigenvalue weighted by molar-refractivity contribution is 0.373. The van der Waals surface area contributed by atoms with Gasteiger partial charge >= 0.3 is 0 Å². The van der Waals surface area contributed by atoms with Gasteiger partial charge in [0.1, 0.15) is 0 Å². The van der Waals surface area contributed by atoms with Crippen molar-refractivity contribution in [2.24, 2.45) is 0 Å². The van der Waals surface area contributed by atoms with E-state index in [1.165, 1.54) is 5.69 Å². The number of ether oxygens (including phenoxy) is 1. The molecule has 1 atom stereocenters. The van der Waals surface area contributed by atoms with Gasteiger partial charge in [0.15, 0.2) is 11.5 Å². The van der Waals surface area contributed by atoms with Gasteiger partial charge in [-0.1, -0.05) is 24.3 Å². The molecule has 1 heterocycles. The first-order chi connectivity index (χ1) is 10.8. The number of nitrogens with one attached hydrogen (secondary N) is 1. The minimum absolute atomic E-state index is 0.194. The molecular weight excluding hydrogens is 276 g/mol. The number of nitrogens with zero attached hydrogens (tertiary/aromatic N) is 1. The molecule has 2 N–H and O–H groups in total. The zero-order chi connectivity index (χ0) is 15.4. The Bertz CT molecular complexity index is 616. The van der Waals surface area contributed by atoms with Crippen molar-refractivity contribution in [2.45, 2.75) is 19.0 Å². The highest BCUT2D eigenvalue weighted by Gasteiger charge is 2.22. The molecule has 4 heteroatoms. The molecule has 0 radical (unpaired) electrons. The number of para-hydroxylation sites is 1. The Kier molecular flexibility index (Phi) is 4.49. The summed E-state index contributed by atoms with van der Waals surface area (Å²) in [7, 11) is 1.56. The predicted molar refractivity (Wildman–Crippen MR) is 88.6 cm³/mol. The Labute approximate surface area is 131 Å². The highest BCUT2D eigenvalue weighted by atomic mass is 16.5. The molecule has 0 spiro atoms. The van der Waals surface area contributed by atoms with Crippen LogP contribution < -0.4 is 15.0 Å². The molecule has 1 aliphatic rings. The first-order valence-corrected chi connectivity index (χ1v) is 7.65. The van der Waals surface area contributed by atoms with Crippen LogP contribution in [0.5, 0.6) is 11.5 Å². The molecule has 0 saturated carbocycles. The summed E-state index contributed by atoms with van der Waals surface area (Å²) in [6.45, 7) is 2.85. The number of phenols is 1. The molecule has 116 valence electrons. The maximum Gasteiger partial charge on any atom is 0.160 e. The third-order valence-corrected chi connectivity index (χ3v) is 4.15. The van der Waals surface area contributed by atoms with E-state index in [2.05, 4.69) is 34.5 Å². The zero-order valence-electron chi connectivity index (χ0n) is 12.8. The molecule has 0 amide bonds. The van der Waals surface area contributed by atoms with E-state index in [1.54, 1.807) is 19.2 Å². The molecule has 0 bridgehead atoms. The second-order valence-corrected chi connectivity index (χ2v) is 5.65. The summed E-state index contributed by atoms with van der Waals surface area (Å²) in [5, 5.41) is 13.4. The van der Waals surface area contributed by atoms with Gasteiger partial charge < -0.3 is 20.1 Å². The van der Waals surface area contributed by atoms with Crippen LogP contribution in [0.3, 0.4) is 0 Å². The average Bonchev–Trinajstić information content (AvgIpc) is 3.03. The number of anilines is 1. The Balaban J connectivity index is 1.54. The highest BCUT2D eigenvalue weighted by Crippen LogP contribution is 2.26. The molecule has 1 aliphatic heterocycles. The minimum Gasteiger partial charge on any atom is -0.504 e. The first kappa shape index (κ1) is 14.7. The summed E-state index contributed by atoms with van der Waals surface area (Å²) in [6, 6.07) is 16.5. The normalized spacial score (nSPS) is 17.7. The van der Waals surface area contributed by atoms with Crippen LogP contribution >= 0.6 is 0 Å². The van der Waals surface area contributed by atoms with E-state index < -0.39 is 0 Å². The van der Waals surface area contributed by atoms with Gasteiger partial charge in [-0.2, -0.15) is 0 Å². The molecule has 0 aromatic heterocycles. The lowest BCUT2D eigenvalue weighted by Gasteiger charge is -2.19. The third-order valence-electron chi connectivity index (χ3n) is 4.15. The fourth-order valence-corrected chi connectivity index (χ4v) is 2.91. The van der Waals surface area contributed by atoms with E-state index in [9.17, 15) is 5.11 Å². The van der Waals surface area contributed by atoms with Crippen molar-refractivity contribution < 1.29 is 9.84 Å². The second kappa shape index (κ2) is 6.71. The Morgan fingerprint density at radius 3 is 2.77 bits per heavy atom. The predicted octanol–water partition coefficient (Wildman–Crippen LogP) is 2.77. The largest absolute Gasteiger partial charge is 0.504 e. The van der Waals surface area contributed by atoms with Crippen LogP contribution in [0.1, 0.15) is 12.0 Å². The van der Waals surface area contributed by atoms with Crippen molar-refractivity contribution in [2.75, 3.05) is 25.1 Å². The highest BCUT2D eigenvalue weighted by molar-refractivity contribution is 5.47. The third kappa shape index (κ3) is 3.34. The van der Waals surface area contributed by atoms with Gasteiger partial charge in [0.25, 0.3) is 0 Å². The number of rotatable bonds is 5. The average molecular weight is 298 g/mol. The van der Waals surface area contributed by atoms with E-state index in [1.807, 2.05) is 12.1 Å². The number of hydrogen-bond donors (Lipinski definition) is 2. The number of benzene rings is 2. The van der Waals surface area contributed by atoms with Crippen molar-refractivity contribution in [3.8, 4) is 11.5 Å². The number of hydrogen-bond acceptors (Lipinski definition) is 4. The van der Waals surface area contributed by atoms with Crippen LogP contribution in [-0.2, 0) is 6.54 Å². The Morgan fingerprint density at radius 1 is 1.23 bits per heavy atom. The van der Waals surface area contributed by atoms with Crippen LogP contribution in [0.4, 0.5) is 5.69 Å².